The lowest BCUT2D eigenvalue weighted by molar-refractivity contribution is 0.633. The minimum absolute atomic E-state index is 0.238. The first-order valence-electron chi connectivity index (χ1n) is 5.06. The van der Waals surface area contributed by atoms with Crippen LogP contribution in [0, 0.1) is 5.82 Å². The Morgan fingerprint density at radius 1 is 1.53 bits per heavy atom. The molecule has 0 saturated carbocycles. The second-order valence-electron chi connectivity index (χ2n) is 3.74. The molecule has 3 nitrogen and oxygen atoms in total. The number of nitrogens with two attached hydrogens (primary N) is 1. The van der Waals surface area contributed by atoms with E-state index in [9.17, 15) is 4.39 Å². The molecule has 80 valence electrons. The Balaban J connectivity index is 2.43. The lowest BCUT2D eigenvalue weighted by Crippen LogP contribution is -2.05. The maximum atomic E-state index is 13.3. The van der Waals surface area contributed by atoms with Crippen LogP contribution in [0.25, 0.3) is 11.0 Å². The Kier molecular flexibility index (Phi) is 2.68. The van der Waals surface area contributed by atoms with Crippen molar-refractivity contribution in [3.05, 3.63) is 29.8 Å². The number of nitrogens with one attached hydrogen (secondary N) is 1. The van der Waals surface area contributed by atoms with Crippen LogP contribution in [0.3, 0.4) is 0 Å². The van der Waals surface area contributed by atoms with Gasteiger partial charge in [-0.2, -0.15) is 0 Å². The molecule has 2 aromatic rings. The summed E-state index contributed by atoms with van der Waals surface area (Å²) in [5.74, 6) is 0.761. The second kappa shape index (κ2) is 3.98. The van der Waals surface area contributed by atoms with Crippen LogP contribution in [0.5, 0.6) is 0 Å². The number of rotatable bonds is 3. The monoisotopic (exact) mass is 207 g/mol. The number of halogens is 1. The number of aromatic amines is 1. The molecule has 2 rings (SSSR count). The van der Waals surface area contributed by atoms with Gasteiger partial charge < -0.3 is 10.7 Å². The van der Waals surface area contributed by atoms with Gasteiger partial charge in [0.1, 0.15) is 11.3 Å². The number of hydrogen-bond acceptors (Lipinski definition) is 2. The molecule has 1 heterocycles. The minimum Gasteiger partial charge on any atom is -0.342 e. The summed E-state index contributed by atoms with van der Waals surface area (Å²) >= 11 is 0. The van der Waals surface area contributed by atoms with Crippen molar-refractivity contribution in [3.63, 3.8) is 0 Å². The predicted molar refractivity (Wildman–Crippen MR) is 58.1 cm³/mol. The molecule has 0 fully saturated rings. The van der Waals surface area contributed by atoms with Crippen LogP contribution in [0.1, 0.15) is 25.1 Å². The van der Waals surface area contributed by atoms with Gasteiger partial charge >= 0.3 is 0 Å². The zero-order chi connectivity index (χ0) is 10.8. The number of nitrogens with zero attached hydrogens (tertiary/aromatic N) is 1. The Bertz CT molecular complexity index is 464. The first-order valence-corrected chi connectivity index (χ1v) is 5.06. The second-order valence-corrected chi connectivity index (χ2v) is 3.74. The van der Waals surface area contributed by atoms with Gasteiger partial charge in [-0.1, -0.05) is 13.0 Å². The predicted octanol–water partition coefficient (Wildman–Crippen LogP) is 2.15. The zero-order valence-electron chi connectivity index (χ0n) is 8.63. The Labute approximate surface area is 87.5 Å². The van der Waals surface area contributed by atoms with Crippen LogP contribution < -0.4 is 5.73 Å². The highest BCUT2D eigenvalue weighted by molar-refractivity contribution is 5.75. The molecule has 0 aliphatic rings. The summed E-state index contributed by atoms with van der Waals surface area (Å²) in [5.41, 5.74) is 6.63. The first-order chi connectivity index (χ1) is 7.22. The quantitative estimate of drug-likeness (QED) is 0.810. The molecule has 0 aliphatic heterocycles. The molecule has 3 N–H and O–H groups in total. The summed E-state index contributed by atoms with van der Waals surface area (Å²) in [7, 11) is 0. The molecular weight excluding hydrogens is 193 g/mol. The number of benzene rings is 1. The smallest absolute Gasteiger partial charge is 0.151 e. The van der Waals surface area contributed by atoms with E-state index in [0.29, 0.717) is 12.1 Å². The topological polar surface area (TPSA) is 54.7 Å². The van der Waals surface area contributed by atoms with Crippen molar-refractivity contribution in [1.82, 2.24) is 9.97 Å². The molecule has 1 atom stereocenters. The van der Waals surface area contributed by atoms with Gasteiger partial charge in [-0.05, 0) is 25.1 Å². The molecular formula is C11H14FN3. The number of hydrogen-bond donors (Lipinski definition) is 2. The van der Waals surface area contributed by atoms with Gasteiger partial charge in [-0.15, -0.1) is 0 Å². The molecule has 15 heavy (non-hydrogen) atoms. The van der Waals surface area contributed by atoms with Gasteiger partial charge in [0, 0.05) is 5.92 Å². The van der Waals surface area contributed by atoms with Crippen LogP contribution >= 0.6 is 0 Å². The van der Waals surface area contributed by atoms with Crippen LogP contribution in [0.4, 0.5) is 4.39 Å². The van der Waals surface area contributed by atoms with E-state index in [1.54, 1.807) is 6.07 Å². The van der Waals surface area contributed by atoms with E-state index in [1.807, 2.05) is 13.0 Å². The fourth-order valence-corrected chi connectivity index (χ4v) is 1.64. The number of para-hydroxylation sites is 1. The standard InChI is InChI=1S/C11H14FN3/c1-7(5-6-13)11-14-9-4-2-3-8(12)10(9)15-11/h2-4,7H,5-6,13H2,1H3,(H,14,15). The summed E-state index contributed by atoms with van der Waals surface area (Å²) in [5, 5.41) is 0. The number of imidazole rings is 1. The molecule has 0 spiro atoms. The van der Waals surface area contributed by atoms with E-state index in [2.05, 4.69) is 9.97 Å². The summed E-state index contributed by atoms with van der Waals surface area (Å²) in [6.45, 7) is 2.64. The molecule has 0 aliphatic carbocycles. The van der Waals surface area contributed by atoms with Crippen LogP contribution in [0.15, 0.2) is 18.2 Å². The van der Waals surface area contributed by atoms with Crippen LogP contribution in [0.2, 0.25) is 0 Å². The lowest BCUT2D eigenvalue weighted by atomic mass is 10.1. The molecule has 1 aromatic heterocycles. The van der Waals surface area contributed by atoms with Crippen LogP contribution in [-0.2, 0) is 0 Å². The average molecular weight is 207 g/mol. The average Bonchev–Trinajstić information content (AvgIpc) is 2.63. The molecule has 4 heteroatoms. The van der Waals surface area contributed by atoms with E-state index >= 15 is 0 Å². The Morgan fingerprint density at radius 3 is 3.00 bits per heavy atom. The largest absolute Gasteiger partial charge is 0.342 e. The Hall–Kier alpha value is -1.42. The fourth-order valence-electron chi connectivity index (χ4n) is 1.64. The third-order valence-corrected chi connectivity index (χ3v) is 2.55. The maximum absolute atomic E-state index is 13.3. The van der Waals surface area contributed by atoms with Gasteiger partial charge in [0.15, 0.2) is 5.82 Å². The van der Waals surface area contributed by atoms with Crippen molar-refractivity contribution in [2.75, 3.05) is 6.54 Å². The van der Waals surface area contributed by atoms with E-state index in [0.717, 1.165) is 17.8 Å². The first kappa shape index (κ1) is 10.1. The summed E-state index contributed by atoms with van der Waals surface area (Å²) in [6.07, 6.45) is 0.849. The highest BCUT2D eigenvalue weighted by Gasteiger charge is 2.11. The molecule has 1 unspecified atom stereocenters. The van der Waals surface area contributed by atoms with E-state index in [4.69, 9.17) is 5.73 Å². The Morgan fingerprint density at radius 2 is 2.33 bits per heavy atom. The van der Waals surface area contributed by atoms with Crippen molar-refractivity contribution in [2.24, 2.45) is 5.73 Å². The van der Waals surface area contributed by atoms with E-state index < -0.39 is 0 Å². The normalized spacial score (nSPS) is 13.3. The fraction of sp³-hybridized carbons (Fsp3) is 0.364. The lowest BCUT2D eigenvalue weighted by Gasteiger charge is -2.04. The molecule has 0 saturated heterocycles. The van der Waals surface area contributed by atoms with Crippen molar-refractivity contribution in [1.29, 1.82) is 0 Å². The van der Waals surface area contributed by atoms with Gasteiger partial charge in [-0.3, -0.25) is 0 Å². The number of H-pyrrole nitrogens is 1. The number of fused-ring (bicyclic) bond motifs is 1. The third kappa shape index (κ3) is 1.85. The maximum Gasteiger partial charge on any atom is 0.151 e. The SMILES string of the molecule is CC(CCN)c1nc2c(F)cccc2[nH]1. The highest BCUT2D eigenvalue weighted by Crippen LogP contribution is 2.21. The molecule has 0 bridgehead atoms. The third-order valence-electron chi connectivity index (χ3n) is 2.55. The van der Waals surface area contributed by atoms with Crippen molar-refractivity contribution in [2.45, 2.75) is 19.3 Å². The van der Waals surface area contributed by atoms with Crippen molar-refractivity contribution in [3.8, 4) is 0 Å². The molecule has 0 amide bonds. The summed E-state index contributed by atoms with van der Waals surface area (Å²) in [6, 6.07) is 4.91. The number of aromatic nitrogens is 2. The minimum atomic E-state index is -0.282. The summed E-state index contributed by atoms with van der Waals surface area (Å²) < 4.78 is 13.3. The van der Waals surface area contributed by atoms with Gasteiger partial charge in [0.05, 0.1) is 5.52 Å². The molecule has 1 aromatic carbocycles. The van der Waals surface area contributed by atoms with Crippen LogP contribution in [-0.4, -0.2) is 16.5 Å². The van der Waals surface area contributed by atoms with Crippen molar-refractivity contribution < 1.29 is 4.39 Å². The highest BCUT2D eigenvalue weighted by atomic mass is 19.1. The molecule has 0 radical (unpaired) electrons. The van der Waals surface area contributed by atoms with Gasteiger partial charge in [0.25, 0.3) is 0 Å². The van der Waals surface area contributed by atoms with Gasteiger partial charge in [0.2, 0.25) is 0 Å². The zero-order valence-corrected chi connectivity index (χ0v) is 8.63. The van der Waals surface area contributed by atoms with Gasteiger partial charge in [-0.25, -0.2) is 9.37 Å². The van der Waals surface area contributed by atoms with E-state index in [1.165, 1.54) is 6.07 Å². The van der Waals surface area contributed by atoms with Crippen molar-refractivity contribution >= 4 is 11.0 Å². The summed E-state index contributed by atoms with van der Waals surface area (Å²) in [4.78, 5) is 7.36. The van der Waals surface area contributed by atoms with E-state index in [-0.39, 0.29) is 11.7 Å².